The standard InChI is InChI=1S/C64H76N2O6S/c1-43-35-51(36-44(2)59(43)67)63(23-31-65(32-24-63)27-11-9-12-28-65)53-39-47(5)61(48(6)40-53)71-55-15-19-57(20-16-55)73(69,70)58-21-17-56(18-22-58)72-62-49(7)41-54(42-50(62)8)64(52-37-45(3)60(68)46(4)38-52)25-33-66(34-26-64)29-13-10-14-30-66/h15-22,35-42H,9-14,23-34H2,1-8H3/p+2. The summed E-state index contributed by atoms with van der Waals surface area (Å²) >= 11 is 0. The van der Waals surface area contributed by atoms with Crippen LogP contribution in [-0.4, -0.2) is 80.0 Å². The van der Waals surface area contributed by atoms with Crippen LogP contribution in [0, 0.1) is 55.4 Å². The molecule has 6 aromatic rings. The van der Waals surface area contributed by atoms with Gasteiger partial charge in [-0.2, -0.15) is 0 Å². The lowest BCUT2D eigenvalue weighted by Crippen LogP contribution is -2.58. The quantitative estimate of drug-likeness (QED) is 0.133. The first-order valence-corrected chi connectivity index (χ1v) is 28.7. The van der Waals surface area contributed by atoms with Gasteiger partial charge in [0.15, 0.2) is 0 Å². The van der Waals surface area contributed by atoms with Crippen LogP contribution in [0.25, 0.3) is 0 Å². The van der Waals surface area contributed by atoms with Gasteiger partial charge in [0, 0.05) is 36.5 Å². The Bertz CT molecular complexity index is 2840. The number of benzene rings is 6. The van der Waals surface area contributed by atoms with Gasteiger partial charge in [0.25, 0.3) is 0 Å². The molecule has 4 saturated heterocycles. The predicted octanol–water partition coefficient (Wildman–Crippen LogP) is 14.1. The molecule has 0 atom stereocenters. The summed E-state index contributed by atoms with van der Waals surface area (Å²) in [4.78, 5) is 0.382. The van der Waals surface area contributed by atoms with Gasteiger partial charge in [-0.25, -0.2) is 8.42 Å². The van der Waals surface area contributed by atoms with Crippen LogP contribution in [0.1, 0.15) is 131 Å². The van der Waals surface area contributed by atoms with Crippen LogP contribution in [0.15, 0.2) is 107 Å². The van der Waals surface area contributed by atoms with Gasteiger partial charge in [0.05, 0.1) is 62.1 Å². The van der Waals surface area contributed by atoms with E-state index in [9.17, 15) is 18.6 Å². The Morgan fingerprint density at radius 1 is 0.384 bits per heavy atom. The van der Waals surface area contributed by atoms with Crippen LogP contribution < -0.4 is 9.47 Å². The molecule has 0 aliphatic carbocycles. The Labute approximate surface area is 435 Å². The van der Waals surface area contributed by atoms with E-state index >= 15 is 0 Å². The van der Waals surface area contributed by atoms with Crippen molar-refractivity contribution >= 4 is 9.84 Å². The van der Waals surface area contributed by atoms with Gasteiger partial charge in [-0.15, -0.1) is 0 Å². The topological polar surface area (TPSA) is 93.1 Å². The number of nitrogens with zero attached hydrogens (tertiary/aromatic N) is 2. The van der Waals surface area contributed by atoms with Gasteiger partial charge in [-0.1, -0.05) is 48.5 Å². The van der Waals surface area contributed by atoms with Crippen molar-refractivity contribution in [2.45, 2.75) is 140 Å². The van der Waals surface area contributed by atoms with Crippen molar-refractivity contribution in [3.63, 3.8) is 0 Å². The minimum Gasteiger partial charge on any atom is -0.507 e. The molecule has 0 radical (unpaired) electrons. The Morgan fingerprint density at radius 3 is 0.918 bits per heavy atom. The Balaban J connectivity index is 0.851. The molecule has 4 aliphatic rings. The third kappa shape index (κ3) is 9.48. The third-order valence-corrected chi connectivity index (χ3v) is 20.2. The minimum atomic E-state index is -3.84. The maximum atomic E-state index is 14.1. The summed E-state index contributed by atoms with van der Waals surface area (Å²) in [6, 6.07) is 31.5. The number of hydrogen-bond acceptors (Lipinski definition) is 6. The van der Waals surface area contributed by atoms with Crippen molar-refractivity contribution in [3.05, 3.63) is 164 Å². The molecule has 0 unspecified atom stereocenters. The SMILES string of the molecule is Cc1cc(C2(c3cc(C)c(Oc4ccc(S(=O)(=O)c5ccc(Oc6c(C)cc(C7(c8cc(C)c(O)c(C)c8)CC[N+]8(CCCCC8)CC7)cc6C)cc5)cc4)c(C)c3)CC[N+]3(CCCCC3)CC2)cc(C)c1O. The van der Waals surface area contributed by atoms with Gasteiger partial charge in [0.1, 0.15) is 34.5 Å². The number of ether oxygens (including phenoxy) is 2. The molecular weight excluding hydrogens is 925 g/mol. The number of phenolic OH excluding ortho intramolecular Hbond substituents is 2. The molecular formula is C64H78N2O6S+2. The van der Waals surface area contributed by atoms with Crippen LogP contribution in [0.5, 0.6) is 34.5 Å². The minimum absolute atomic E-state index is 0.173. The molecule has 73 heavy (non-hydrogen) atoms. The first-order valence-electron chi connectivity index (χ1n) is 27.2. The zero-order valence-electron chi connectivity index (χ0n) is 44.8. The molecule has 10 rings (SSSR count). The number of sulfone groups is 1. The normalized spacial score (nSPS) is 20.5. The molecule has 0 saturated carbocycles. The average Bonchev–Trinajstić information content (AvgIpc) is 3.38. The molecule has 9 heteroatoms. The maximum absolute atomic E-state index is 14.1. The number of aromatic hydroxyl groups is 2. The van der Waals surface area contributed by atoms with E-state index in [0.29, 0.717) is 23.0 Å². The summed E-state index contributed by atoms with van der Waals surface area (Å²) in [6.07, 6.45) is 12.1. The van der Waals surface area contributed by atoms with E-state index in [4.69, 9.17) is 9.47 Å². The van der Waals surface area contributed by atoms with Crippen molar-refractivity contribution in [1.29, 1.82) is 0 Å². The Kier molecular flexibility index (Phi) is 13.7. The highest BCUT2D eigenvalue weighted by molar-refractivity contribution is 7.91. The molecule has 2 spiro atoms. The molecule has 2 N–H and O–H groups in total. The Morgan fingerprint density at radius 2 is 0.644 bits per heavy atom. The number of piperidine rings is 4. The molecule has 6 aromatic carbocycles. The average molecular weight is 1000 g/mol. The van der Waals surface area contributed by atoms with E-state index in [2.05, 4.69) is 76.2 Å². The van der Waals surface area contributed by atoms with Gasteiger partial charge >= 0.3 is 0 Å². The zero-order chi connectivity index (χ0) is 51.5. The van der Waals surface area contributed by atoms with E-state index in [1.165, 1.54) is 95.9 Å². The molecule has 4 fully saturated rings. The fourth-order valence-electron chi connectivity index (χ4n) is 13.9. The van der Waals surface area contributed by atoms with Crippen molar-refractivity contribution in [1.82, 2.24) is 0 Å². The second kappa shape index (κ2) is 19.6. The molecule has 0 aromatic heterocycles. The zero-order valence-corrected chi connectivity index (χ0v) is 45.6. The highest BCUT2D eigenvalue weighted by Gasteiger charge is 2.47. The predicted molar refractivity (Wildman–Crippen MR) is 293 cm³/mol. The monoisotopic (exact) mass is 1000 g/mol. The van der Waals surface area contributed by atoms with Crippen LogP contribution in [0.2, 0.25) is 0 Å². The smallest absolute Gasteiger partial charge is 0.206 e. The van der Waals surface area contributed by atoms with Crippen molar-refractivity contribution < 1.29 is 37.1 Å². The van der Waals surface area contributed by atoms with E-state index in [1.807, 2.05) is 27.7 Å². The lowest BCUT2D eigenvalue weighted by Gasteiger charge is -2.51. The summed E-state index contributed by atoms with van der Waals surface area (Å²) in [5.74, 6) is 3.46. The number of phenols is 2. The van der Waals surface area contributed by atoms with Gasteiger partial charge in [-0.3, -0.25) is 0 Å². The number of aryl methyl sites for hydroxylation is 8. The second-order valence-electron chi connectivity index (χ2n) is 23.2. The summed E-state index contributed by atoms with van der Waals surface area (Å²) < 4.78 is 43.7. The third-order valence-electron chi connectivity index (χ3n) is 18.4. The van der Waals surface area contributed by atoms with E-state index < -0.39 is 9.84 Å². The molecule has 4 heterocycles. The molecule has 8 nitrogen and oxygen atoms in total. The lowest BCUT2D eigenvalue weighted by molar-refractivity contribution is -0.937. The molecule has 384 valence electrons. The van der Waals surface area contributed by atoms with Crippen molar-refractivity contribution in [2.24, 2.45) is 0 Å². The van der Waals surface area contributed by atoms with E-state index in [0.717, 1.165) is 108 Å². The van der Waals surface area contributed by atoms with Crippen LogP contribution in [0.3, 0.4) is 0 Å². The molecule has 4 aliphatic heterocycles. The van der Waals surface area contributed by atoms with Crippen molar-refractivity contribution in [2.75, 3.05) is 52.4 Å². The fourth-order valence-corrected chi connectivity index (χ4v) is 15.2. The lowest BCUT2D eigenvalue weighted by atomic mass is 9.66. The van der Waals surface area contributed by atoms with Crippen molar-refractivity contribution in [3.8, 4) is 34.5 Å². The number of quaternary nitrogens is 2. The van der Waals surface area contributed by atoms with E-state index in [1.54, 1.807) is 48.5 Å². The van der Waals surface area contributed by atoms with Gasteiger partial charge in [-0.05, 0) is 209 Å². The molecule has 0 amide bonds. The van der Waals surface area contributed by atoms with Crippen LogP contribution in [-0.2, 0) is 20.7 Å². The van der Waals surface area contributed by atoms with Crippen LogP contribution in [0.4, 0.5) is 0 Å². The summed E-state index contributed by atoms with van der Waals surface area (Å²) in [7, 11) is -3.84. The number of hydrogen-bond donors (Lipinski definition) is 2. The highest BCUT2D eigenvalue weighted by atomic mass is 32.2. The highest BCUT2D eigenvalue weighted by Crippen LogP contribution is 2.50. The summed E-state index contributed by atoms with van der Waals surface area (Å²) in [5.41, 5.74) is 12.6. The summed E-state index contributed by atoms with van der Waals surface area (Å²) in [5, 5.41) is 21.6. The van der Waals surface area contributed by atoms with Gasteiger partial charge in [0.2, 0.25) is 9.84 Å². The second-order valence-corrected chi connectivity index (χ2v) is 25.2. The largest absolute Gasteiger partial charge is 0.507 e. The first-order chi connectivity index (χ1) is 34.8. The first kappa shape index (κ1) is 50.9. The fraction of sp³-hybridized carbons (Fsp3) is 0.438. The summed E-state index contributed by atoms with van der Waals surface area (Å²) in [6.45, 7) is 26.2. The van der Waals surface area contributed by atoms with Crippen LogP contribution >= 0.6 is 0 Å². The molecule has 0 bridgehead atoms. The Hall–Kier alpha value is -5.61. The number of rotatable bonds is 10. The maximum Gasteiger partial charge on any atom is 0.206 e. The van der Waals surface area contributed by atoms with E-state index in [-0.39, 0.29) is 20.6 Å². The van der Waals surface area contributed by atoms with Gasteiger partial charge < -0.3 is 28.7 Å².